The molecule has 0 radical (unpaired) electrons. The molecule has 0 saturated carbocycles. The molecule has 0 unspecified atom stereocenters. The van der Waals surface area contributed by atoms with Crippen LogP contribution in [0.15, 0.2) is 24.3 Å². The minimum Gasteiger partial charge on any atom is -0.349 e. The summed E-state index contributed by atoms with van der Waals surface area (Å²) in [6, 6.07) is 5.34. The van der Waals surface area contributed by atoms with Gasteiger partial charge < -0.3 is 10.2 Å². The van der Waals surface area contributed by atoms with Crippen molar-refractivity contribution in [2.45, 2.75) is 19.6 Å². The normalized spacial score (nSPS) is 14.5. The lowest BCUT2D eigenvalue weighted by Crippen LogP contribution is -2.33. The summed E-state index contributed by atoms with van der Waals surface area (Å²) in [5.41, 5.74) is 1.92. The number of aromatic nitrogens is 2. The maximum Gasteiger partial charge on any atom is 0.271 e. The molecule has 0 spiro atoms. The first-order valence-electron chi connectivity index (χ1n) is 8.57. The number of hydrogen-bond donors (Lipinski definition) is 1. The van der Waals surface area contributed by atoms with Crippen molar-refractivity contribution in [1.29, 1.82) is 0 Å². The Bertz CT molecular complexity index is 770. The molecule has 1 aromatic carbocycles. The van der Waals surface area contributed by atoms with Gasteiger partial charge in [-0.3, -0.25) is 14.4 Å². The van der Waals surface area contributed by atoms with Crippen molar-refractivity contribution in [2.75, 3.05) is 33.7 Å². The quantitative estimate of drug-likeness (QED) is 0.845. The summed E-state index contributed by atoms with van der Waals surface area (Å²) in [4.78, 5) is 16.3. The van der Waals surface area contributed by atoms with Gasteiger partial charge in [-0.25, -0.2) is 8.78 Å². The van der Waals surface area contributed by atoms with Crippen LogP contribution in [0.1, 0.15) is 21.7 Å². The molecular formula is C18H23F2N5O. The lowest BCUT2D eigenvalue weighted by Gasteiger charge is -2.27. The Kier molecular flexibility index (Phi) is 5.63. The van der Waals surface area contributed by atoms with Crippen LogP contribution < -0.4 is 5.32 Å². The highest BCUT2D eigenvalue weighted by molar-refractivity contribution is 5.92. The van der Waals surface area contributed by atoms with Gasteiger partial charge in [0.2, 0.25) is 0 Å². The number of carbonyl (C=O) groups excluding carboxylic acids is 1. The Labute approximate surface area is 151 Å². The second kappa shape index (κ2) is 7.92. The summed E-state index contributed by atoms with van der Waals surface area (Å²) in [6.07, 6.45) is 0. The number of carbonyl (C=O) groups is 1. The topological polar surface area (TPSA) is 53.4 Å². The van der Waals surface area contributed by atoms with Crippen LogP contribution >= 0.6 is 0 Å². The zero-order valence-electron chi connectivity index (χ0n) is 15.0. The van der Waals surface area contributed by atoms with Crippen molar-refractivity contribution >= 4 is 5.91 Å². The van der Waals surface area contributed by atoms with E-state index in [4.69, 9.17) is 0 Å². The third-order valence-electron chi connectivity index (χ3n) is 4.28. The Morgan fingerprint density at radius 3 is 2.62 bits per heavy atom. The Morgan fingerprint density at radius 2 is 1.92 bits per heavy atom. The molecule has 0 saturated heterocycles. The molecular weight excluding hydrogens is 340 g/mol. The van der Waals surface area contributed by atoms with E-state index in [1.807, 2.05) is 23.7 Å². The minimum absolute atomic E-state index is 0.187. The van der Waals surface area contributed by atoms with Crippen LogP contribution in [0.5, 0.6) is 0 Å². The van der Waals surface area contributed by atoms with Gasteiger partial charge in [-0.05, 0) is 37.9 Å². The zero-order chi connectivity index (χ0) is 18.7. The maximum absolute atomic E-state index is 13.3. The predicted molar refractivity (Wildman–Crippen MR) is 93.6 cm³/mol. The minimum atomic E-state index is -0.571. The Hall–Kier alpha value is -2.32. The maximum atomic E-state index is 13.3. The molecule has 8 heteroatoms. The van der Waals surface area contributed by atoms with Gasteiger partial charge >= 0.3 is 0 Å². The molecule has 2 aromatic rings. The van der Waals surface area contributed by atoms with Gasteiger partial charge in [-0.15, -0.1) is 0 Å². The molecule has 0 bridgehead atoms. The van der Waals surface area contributed by atoms with E-state index in [1.165, 1.54) is 12.1 Å². The number of rotatable bonds is 6. The van der Waals surface area contributed by atoms with Gasteiger partial charge in [0, 0.05) is 38.8 Å². The third-order valence-corrected chi connectivity index (χ3v) is 4.28. The Balaban J connectivity index is 1.62. The monoisotopic (exact) mass is 363 g/mol. The predicted octanol–water partition coefficient (Wildman–Crippen LogP) is 1.47. The van der Waals surface area contributed by atoms with E-state index in [0.717, 1.165) is 18.3 Å². The summed E-state index contributed by atoms with van der Waals surface area (Å²) in [5, 5.41) is 7.21. The fourth-order valence-corrected chi connectivity index (χ4v) is 3.01. The van der Waals surface area contributed by atoms with Crippen molar-refractivity contribution in [1.82, 2.24) is 24.9 Å². The van der Waals surface area contributed by atoms with E-state index in [9.17, 15) is 13.6 Å². The molecule has 26 heavy (non-hydrogen) atoms. The van der Waals surface area contributed by atoms with Crippen LogP contribution in [0.2, 0.25) is 0 Å². The highest BCUT2D eigenvalue weighted by Crippen LogP contribution is 2.17. The molecule has 0 aliphatic carbocycles. The fraction of sp³-hybridized carbons (Fsp3) is 0.444. The molecule has 2 heterocycles. The van der Waals surface area contributed by atoms with Gasteiger partial charge in [-0.1, -0.05) is 0 Å². The summed E-state index contributed by atoms with van der Waals surface area (Å²) in [6.45, 7) is 3.69. The second-order valence-electron chi connectivity index (χ2n) is 6.79. The van der Waals surface area contributed by atoms with Crippen molar-refractivity contribution in [3.05, 3.63) is 52.9 Å². The highest BCUT2D eigenvalue weighted by atomic mass is 19.1. The molecule has 140 valence electrons. The summed E-state index contributed by atoms with van der Waals surface area (Å²) >= 11 is 0. The molecule has 6 nitrogen and oxygen atoms in total. The van der Waals surface area contributed by atoms with E-state index >= 15 is 0 Å². The van der Waals surface area contributed by atoms with Gasteiger partial charge in [0.15, 0.2) is 0 Å². The summed E-state index contributed by atoms with van der Waals surface area (Å²) in [5.74, 6) is -1.33. The number of likely N-dealkylation sites (N-methyl/N-ethyl adjacent to an activating group) is 1. The van der Waals surface area contributed by atoms with Crippen LogP contribution in [0, 0.1) is 11.6 Å². The average Bonchev–Trinajstić information content (AvgIpc) is 2.96. The number of hydrogen-bond acceptors (Lipinski definition) is 4. The zero-order valence-corrected chi connectivity index (χ0v) is 15.0. The molecule has 1 amide bonds. The molecule has 1 N–H and O–H groups in total. The first kappa shape index (κ1) is 18.5. The van der Waals surface area contributed by atoms with E-state index in [2.05, 4.69) is 15.3 Å². The molecule has 1 aliphatic heterocycles. The number of fused-ring (bicyclic) bond motifs is 1. The van der Waals surface area contributed by atoms with E-state index < -0.39 is 11.6 Å². The number of halogens is 2. The van der Waals surface area contributed by atoms with Crippen LogP contribution in [0.3, 0.4) is 0 Å². The molecule has 0 atom stereocenters. The van der Waals surface area contributed by atoms with Crippen molar-refractivity contribution in [3.8, 4) is 0 Å². The van der Waals surface area contributed by atoms with Crippen LogP contribution in [0.4, 0.5) is 8.78 Å². The number of amides is 1. The first-order valence-corrected chi connectivity index (χ1v) is 8.57. The molecule has 3 rings (SSSR count). The van der Waals surface area contributed by atoms with Crippen molar-refractivity contribution in [2.24, 2.45) is 0 Å². The molecule has 1 aromatic heterocycles. The SMILES string of the molecule is CN(C)CCNC(=O)c1cc2n(n1)CCN(Cc1cc(F)cc(F)c1)C2. The standard InChI is InChI=1S/C18H23F2N5O/c1-23(2)4-3-21-18(26)17-10-16-12-24(5-6-25(16)22-17)11-13-7-14(19)9-15(20)8-13/h7-10H,3-6,11-12H2,1-2H3,(H,21,26). The first-order chi connectivity index (χ1) is 12.4. The lowest BCUT2D eigenvalue weighted by molar-refractivity contribution is 0.0945. The van der Waals surface area contributed by atoms with E-state index in [-0.39, 0.29) is 5.91 Å². The lowest BCUT2D eigenvalue weighted by atomic mass is 10.2. The molecule has 1 aliphatic rings. The molecule has 0 fully saturated rings. The van der Waals surface area contributed by atoms with Crippen LogP contribution in [-0.4, -0.2) is 59.2 Å². The van der Waals surface area contributed by atoms with Gasteiger partial charge in [0.1, 0.15) is 17.3 Å². The van der Waals surface area contributed by atoms with Gasteiger partial charge in [-0.2, -0.15) is 5.10 Å². The fourth-order valence-electron chi connectivity index (χ4n) is 3.01. The number of benzene rings is 1. The van der Waals surface area contributed by atoms with Gasteiger partial charge in [0.25, 0.3) is 5.91 Å². The summed E-state index contributed by atoms with van der Waals surface area (Å²) in [7, 11) is 3.89. The van der Waals surface area contributed by atoms with Gasteiger partial charge in [0.05, 0.1) is 12.2 Å². The second-order valence-corrected chi connectivity index (χ2v) is 6.79. The number of nitrogens with zero attached hydrogens (tertiary/aromatic N) is 4. The highest BCUT2D eigenvalue weighted by Gasteiger charge is 2.21. The van der Waals surface area contributed by atoms with E-state index in [1.54, 1.807) is 6.07 Å². The summed E-state index contributed by atoms with van der Waals surface area (Å²) < 4.78 is 28.5. The van der Waals surface area contributed by atoms with Crippen molar-refractivity contribution in [3.63, 3.8) is 0 Å². The van der Waals surface area contributed by atoms with Crippen molar-refractivity contribution < 1.29 is 13.6 Å². The largest absolute Gasteiger partial charge is 0.349 e. The van der Waals surface area contributed by atoms with Crippen LogP contribution in [-0.2, 0) is 19.6 Å². The third kappa shape index (κ3) is 4.64. The number of nitrogens with one attached hydrogen (secondary N) is 1. The van der Waals surface area contributed by atoms with Crippen LogP contribution in [0.25, 0.3) is 0 Å². The smallest absolute Gasteiger partial charge is 0.271 e. The van der Waals surface area contributed by atoms with E-state index in [0.29, 0.717) is 44.0 Å². The Morgan fingerprint density at radius 1 is 1.19 bits per heavy atom. The average molecular weight is 363 g/mol.